The van der Waals surface area contributed by atoms with Crippen molar-refractivity contribution < 1.29 is 19.1 Å². The molecule has 0 saturated heterocycles. The van der Waals surface area contributed by atoms with Crippen LogP contribution in [0.15, 0.2) is 120 Å². The zero-order chi connectivity index (χ0) is 43.9. The molecule has 1 aliphatic rings. The Labute approximate surface area is 386 Å². The van der Waals surface area contributed by atoms with Crippen LogP contribution in [0.25, 0.3) is 16.9 Å². The van der Waals surface area contributed by atoms with Gasteiger partial charge in [0.15, 0.2) is 0 Å². The Balaban J connectivity index is 0.000000469. The van der Waals surface area contributed by atoms with E-state index in [1.54, 1.807) is 19.1 Å². The molecule has 2 nitrogen and oxygen atoms in total. The molecule has 0 atom stereocenters. The average molecular weight is 880 g/mol. The van der Waals surface area contributed by atoms with Crippen LogP contribution in [0.4, 0.5) is 0 Å². The summed E-state index contributed by atoms with van der Waals surface area (Å²) in [6.45, 7) is 9.13. The van der Waals surface area contributed by atoms with Crippen molar-refractivity contribution >= 4 is 11.4 Å². The summed E-state index contributed by atoms with van der Waals surface area (Å²) in [7, 11) is 0. The van der Waals surface area contributed by atoms with Crippen molar-refractivity contribution in [3.8, 4) is 0 Å². The molecule has 3 heteroatoms. The van der Waals surface area contributed by atoms with Gasteiger partial charge in [-0.15, -0.1) is 0 Å². The van der Waals surface area contributed by atoms with Gasteiger partial charge < -0.3 is 5.53 Å². The van der Waals surface area contributed by atoms with Crippen molar-refractivity contribution in [2.75, 3.05) is 0 Å². The standard InChI is InChI=1S/C45H70N2.2C7H7.Ni/c1-5-9-13-16-17-18-19-20-21-22-25-29-43-42(28-12-8-4)44(40-34-30-38(31-35-40)26-23-14-10-6-2)47(46)45(43)41-36-32-39(33-37-41)27-24-15-11-7-3;2*1-7-5-3-2-4-6-7;/h30-37H,5-29H2,1-4H3;2*2-6H,1H2;. The van der Waals surface area contributed by atoms with E-state index in [4.69, 9.17) is 0 Å². The predicted octanol–water partition coefficient (Wildman–Crippen LogP) is 18.5. The molecule has 0 saturated carbocycles. The Morgan fingerprint density at radius 1 is 0.339 bits per heavy atom. The molecule has 340 valence electrons. The van der Waals surface area contributed by atoms with E-state index in [2.05, 4.69) is 137 Å². The summed E-state index contributed by atoms with van der Waals surface area (Å²) in [4.78, 5) is 0. The summed E-state index contributed by atoms with van der Waals surface area (Å²) in [6.07, 6.45) is 31.9. The molecule has 0 bridgehead atoms. The van der Waals surface area contributed by atoms with Crippen molar-refractivity contribution in [2.45, 2.75) is 199 Å². The van der Waals surface area contributed by atoms with Gasteiger partial charge >= 0.3 is 97.0 Å². The summed E-state index contributed by atoms with van der Waals surface area (Å²) >= 11 is 1.78. The van der Waals surface area contributed by atoms with Crippen LogP contribution in [0.2, 0.25) is 0 Å². The molecule has 4 aromatic carbocycles. The van der Waals surface area contributed by atoms with Crippen LogP contribution in [0.3, 0.4) is 0 Å². The zero-order valence-corrected chi connectivity index (χ0v) is 40.7. The molecule has 0 aromatic heterocycles. The van der Waals surface area contributed by atoms with Gasteiger partial charge in [-0.25, -0.2) is 4.70 Å². The summed E-state index contributed by atoms with van der Waals surface area (Å²) < 4.78 is 1.57. The van der Waals surface area contributed by atoms with Crippen molar-refractivity contribution in [1.29, 1.82) is 0 Å². The molecular weight excluding hydrogens is 795 g/mol. The van der Waals surface area contributed by atoms with E-state index in [-0.39, 0.29) is 0 Å². The number of hydrogen-bond donors (Lipinski definition) is 0. The normalized spacial score (nSPS) is 12.7. The number of nitrogens with zero attached hydrogens (tertiary/aromatic N) is 2. The molecule has 0 amide bonds. The van der Waals surface area contributed by atoms with Crippen LogP contribution >= 0.6 is 0 Å². The van der Waals surface area contributed by atoms with Gasteiger partial charge in [0.1, 0.15) is 0 Å². The third-order valence-corrected chi connectivity index (χ3v) is 13.7. The van der Waals surface area contributed by atoms with E-state index in [1.165, 1.54) is 155 Å². The second-order valence-electron chi connectivity index (χ2n) is 17.7. The SMILES string of the molecule is CCCCCCCCCCCCCC1=C(c2ccc(CCCCCC)cc2)[N+](=[N-])C(c2ccc(CCCCCC)cc2)=C1CCCC.c1ccc([CH2][Ni][CH2]c2ccccc2)cc1. The molecule has 62 heavy (non-hydrogen) atoms. The minimum absolute atomic E-state index is 1.02. The van der Waals surface area contributed by atoms with E-state index < -0.39 is 0 Å². The fourth-order valence-electron chi connectivity index (χ4n) is 8.60. The number of unbranched alkanes of at least 4 members (excludes halogenated alkanes) is 17. The minimum atomic E-state index is 1.02. The van der Waals surface area contributed by atoms with Crippen LogP contribution < -0.4 is 0 Å². The molecule has 0 spiro atoms. The van der Waals surface area contributed by atoms with E-state index in [1.807, 2.05) is 0 Å². The third-order valence-electron chi connectivity index (χ3n) is 12.4. The van der Waals surface area contributed by atoms with Crippen molar-refractivity contribution in [3.05, 3.63) is 159 Å². The molecule has 4 aromatic rings. The van der Waals surface area contributed by atoms with Gasteiger partial charge in [-0.2, -0.15) is 0 Å². The number of rotatable bonds is 31. The quantitative estimate of drug-likeness (QED) is 0.0273. The van der Waals surface area contributed by atoms with Gasteiger partial charge in [0.25, 0.3) is 0 Å². The van der Waals surface area contributed by atoms with Gasteiger partial charge in [0.05, 0.1) is 0 Å². The molecule has 0 radical (unpaired) electrons. The fraction of sp³-hybridized carbons (Fsp3) is 0.525. The molecule has 0 fully saturated rings. The molecule has 0 N–H and O–H groups in total. The molecule has 0 aliphatic carbocycles. The number of aryl methyl sites for hydroxylation is 2. The Hall–Kier alpha value is -3.55. The fourth-order valence-corrected chi connectivity index (χ4v) is 9.76. The number of hydrogen-bond acceptors (Lipinski definition) is 0. The maximum atomic E-state index is 12.0. The van der Waals surface area contributed by atoms with Crippen LogP contribution in [-0.2, 0) is 38.1 Å². The van der Waals surface area contributed by atoms with Crippen LogP contribution in [0.1, 0.15) is 209 Å². The van der Waals surface area contributed by atoms with E-state index in [0.717, 1.165) is 71.8 Å². The second kappa shape index (κ2) is 32.2. The zero-order valence-electron chi connectivity index (χ0n) is 39.7. The van der Waals surface area contributed by atoms with Gasteiger partial charge in [0, 0.05) is 22.3 Å². The van der Waals surface area contributed by atoms with Crippen LogP contribution in [-0.4, -0.2) is 4.70 Å². The summed E-state index contributed by atoms with van der Waals surface area (Å²) in [5, 5.41) is 2.23. The number of benzene rings is 4. The van der Waals surface area contributed by atoms with Gasteiger partial charge in [0.2, 0.25) is 11.4 Å². The summed E-state index contributed by atoms with van der Waals surface area (Å²) in [5.41, 5.74) is 24.8. The number of allylic oxidation sites excluding steroid dienone is 2. The summed E-state index contributed by atoms with van der Waals surface area (Å²) in [5.74, 6) is 0. The van der Waals surface area contributed by atoms with E-state index in [0.29, 0.717) is 0 Å². The average Bonchev–Trinajstić information content (AvgIpc) is 3.58. The van der Waals surface area contributed by atoms with Crippen LogP contribution in [0, 0.1) is 0 Å². The van der Waals surface area contributed by atoms with Crippen molar-refractivity contribution in [2.24, 2.45) is 0 Å². The molecule has 1 aliphatic heterocycles. The second-order valence-corrected chi connectivity index (χ2v) is 18.9. The van der Waals surface area contributed by atoms with Crippen molar-refractivity contribution in [3.63, 3.8) is 0 Å². The summed E-state index contributed by atoms with van der Waals surface area (Å²) in [6, 6.07) is 39.5. The molecular formula is C59H84N2Ni. The Kier molecular flexibility index (Phi) is 26.5. The van der Waals surface area contributed by atoms with Gasteiger partial charge in [-0.3, -0.25) is 0 Å². The van der Waals surface area contributed by atoms with Gasteiger partial charge in [-0.1, -0.05) is 161 Å². The Bertz CT molecular complexity index is 1780. The molecule has 0 unspecified atom stereocenters. The van der Waals surface area contributed by atoms with E-state index in [9.17, 15) is 5.53 Å². The van der Waals surface area contributed by atoms with Crippen LogP contribution in [0.5, 0.6) is 0 Å². The van der Waals surface area contributed by atoms with Crippen molar-refractivity contribution in [1.82, 2.24) is 0 Å². The van der Waals surface area contributed by atoms with E-state index >= 15 is 0 Å². The first-order chi connectivity index (χ1) is 30.6. The Morgan fingerprint density at radius 2 is 0.661 bits per heavy atom. The predicted molar refractivity (Wildman–Crippen MR) is 267 cm³/mol. The first kappa shape index (κ1) is 51.1. The maximum absolute atomic E-state index is 12.0. The topological polar surface area (TPSA) is 25.3 Å². The third kappa shape index (κ3) is 19.1. The molecule has 5 rings (SSSR count). The monoisotopic (exact) mass is 879 g/mol. The first-order valence-electron chi connectivity index (χ1n) is 25.3. The first-order valence-corrected chi connectivity index (χ1v) is 26.7. The van der Waals surface area contributed by atoms with Gasteiger partial charge in [-0.05, 0) is 86.8 Å². The Morgan fingerprint density at radius 3 is 1.05 bits per heavy atom. The molecule has 1 heterocycles.